The van der Waals surface area contributed by atoms with Crippen molar-refractivity contribution < 1.29 is 24.2 Å². The predicted octanol–water partition coefficient (Wildman–Crippen LogP) is 0.933. The molecule has 2 aliphatic heterocycles. The van der Waals surface area contributed by atoms with E-state index in [1.54, 1.807) is 12.4 Å². The van der Waals surface area contributed by atoms with Crippen molar-refractivity contribution in [3.8, 4) is 0 Å². The summed E-state index contributed by atoms with van der Waals surface area (Å²) in [6.07, 6.45) is 8.27. The van der Waals surface area contributed by atoms with Crippen LogP contribution in [0.4, 0.5) is 0 Å². The standard InChI is InChI=1S/C22H32N4O3.CH2O2/c27-21(6-1-17-7-9-23-10-8-17)24-19-4-2-18(3-5-19)22(28)26-12-11-25-13-14-29-16-20(25)15-26;2-1-3/h7-10,18-20H,1-6,11-16H2,(H,24,27);1H,(H,2,3). The van der Waals surface area contributed by atoms with Gasteiger partial charge in [-0.05, 0) is 49.8 Å². The van der Waals surface area contributed by atoms with Gasteiger partial charge in [-0.2, -0.15) is 0 Å². The van der Waals surface area contributed by atoms with Gasteiger partial charge in [0.1, 0.15) is 0 Å². The molecule has 0 aromatic carbocycles. The van der Waals surface area contributed by atoms with Crippen molar-refractivity contribution in [2.24, 2.45) is 5.92 Å². The van der Waals surface area contributed by atoms with E-state index in [0.29, 0.717) is 18.4 Å². The number of nitrogens with zero attached hydrogens (tertiary/aromatic N) is 3. The van der Waals surface area contributed by atoms with Crippen molar-refractivity contribution in [2.45, 2.75) is 50.6 Å². The third kappa shape index (κ3) is 7.00. The van der Waals surface area contributed by atoms with Crippen LogP contribution in [-0.4, -0.2) is 89.7 Å². The molecule has 1 aliphatic carbocycles. The third-order valence-electron chi connectivity index (χ3n) is 6.58. The molecule has 2 N–H and O–H groups in total. The van der Waals surface area contributed by atoms with Gasteiger partial charge in [0.2, 0.25) is 11.8 Å². The van der Waals surface area contributed by atoms with Crippen LogP contribution >= 0.6 is 0 Å². The molecule has 3 heterocycles. The molecule has 4 rings (SSSR count). The molecule has 2 amide bonds. The summed E-state index contributed by atoms with van der Waals surface area (Å²) in [5.41, 5.74) is 1.13. The predicted molar refractivity (Wildman–Crippen MR) is 118 cm³/mol. The molecule has 1 aromatic rings. The minimum atomic E-state index is -0.250. The first kappa shape index (κ1) is 24.1. The molecular formula is C23H34N4O5. The van der Waals surface area contributed by atoms with Gasteiger partial charge in [0.05, 0.1) is 19.3 Å². The van der Waals surface area contributed by atoms with E-state index < -0.39 is 0 Å². The summed E-state index contributed by atoms with van der Waals surface area (Å²) in [5.74, 6) is 0.513. The zero-order valence-electron chi connectivity index (χ0n) is 18.5. The Balaban J connectivity index is 0.000000913. The highest BCUT2D eigenvalue weighted by Gasteiger charge is 2.35. The minimum Gasteiger partial charge on any atom is -0.483 e. The normalized spacial score (nSPS) is 25.6. The summed E-state index contributed by atoms with van der Waals surface area (Å²) in [4.78, 5) is 42.1. The first-order valence-electron chi connectivity index (χ1n) is 11.5. The number of fused-ring (bicyclic) bond motifs is 1. The third-order valence-corrected chi connectivity index (χ3v) is 6.58. The Morgan fingerprint density at radius 2 is 1.88 bits per heavy atom. The molecule has 1 saturated carbocycles. The van der Waals surface area contributed by atoms with Crippen molar-refractivity contribution in [2.75, 3.05) is 39.4 Å². The molecule has 0 spiro atoms. The Kier molecular flexibility index (Phi) is 9.43. The fraction of sp³-hybridized carbons (Fsp3) is 0.652. The number of carboxylic acid groups (broad SMARTS) is 1. The van der Waals surface area contributed by atoms with Crippen molar-refractivity contribution in [3.05, 3.63) is 30.1 Å². The van der Waals surface area contributed by atoms with E-state index >= 15 is 0 Å². The Bertz CT molecular complexity index is 739. The number of carbonyl (C=O) groups is 3. The second kappa shape index (κ2) is 12.5. The fourth-order valence-corrected chi connectivity index (χ4v) is 4.80. The van der Waals surface area contributed by atoms with Crippen LogP contribution < -0.4 is 5.32 Å². The molecule has 32 heavy (non-hydrogen) atoms. The van der Waals surface area contributed by atoms with Crippen LogP contribution in [0.1, 0.15) is 37.7 Å². The zero-order chi connectivity index (χ0) is 22.8. The van der Waals surface area contributed by atoms with Crippen molar-refractivity contribution in [1.29, 1.82) is 0 Å². The minimum absolute atomic E-state index is 0.102. The molecule has 9 nitrogen and oxygen atoms in total. The Morgan fingerprint density at radius 1 is 1.16 bits per heavy atom. The van der Waals surface area contributed by atoms with E-state index in [9.17, 15) is 9.59 Å². The molecule has 0 radical (unpaired) electrons. The van der Waals surface area contributed by atoms with Crippen LogP contribution in [0.5, 0.6) is 0 Å². The van der Waals surface area contributed by atoms with Gasteiger partial charge >= 0.3 is 0 Å². The lowest BCUT2D eigenvalue weighted by atomic mass is 9.84. The van der Waals surface area contributed by atoms with Gasteiger partial charge in [-0.1, -0.05) is 0 Å². The maximum absolute atomic E-state index is 13.0. The number of carbonyl (C=O) groups excluding carboxylic acids is 2. The SMILES string of the molecule is O=C(CCc1ccncc1)NC1CCC(C(=O)N2CCN3CCOCC3C2)CC1.O=CO. The first-order valence-corrected chi connectivity index (χ1v) is 11.5. The molecule has 1 aromatic heterocycles. The summed E-state index contributed by atoms with van der Waals surface area (Å²) in [7, 11) is 0. The Labute approximate surface area is 189 Å². The summed E-state index contributed by atoms with van der Waals surface area (Å²) in [6.45, 7) is 4.87. The van der Waals surface area contributed by atoms with Gasteiger partial charge in [-0.15, -0.1) is 0 Å². The van der Waals surface area contributed by atoms with Gasteiger partial charge in [0, 0.05) is 57.0 Å². The van der Waals surface area contributed by atoms with Crippen LogP contribution in [0.25, 0.3) is 0 Å². The van der Waals surface area contributed by atoms with Crippen LogP contribution in [-0.2, 0) is 25.5 Å². The quantitative estimate of drug-likeness (QED) is 0.647. The number of nitrogens with one attached hydrogen (secondary N) is 1. The van der Waals surface area contributed by atoms with E-state index in [-0.39, 0.29) is 24.3 Å². The maximum atomic E-state index is 13.0. The van der Waals surface area contributed by atoms with E-state index in [1.165, 1.54) is 0 Å². The maximum Gasteiger partial charge on any atom is 0.290 e. The average molecular weight is 447 g/mol. The van der Waals surface area contributed by atoms with E-state index in [1.807, 2.05) is 17.0 Å². The fourth-order valence-electron chi connectivity index (χ4n) is 4.80. The Morgan fingerprint density at radius 3 is 2.59 bits per heavy atom. The van der Waals surface area contributed by atoms with Crippen molar-refractivity contribution >= 4 is 18.3 Å². The van der Waals surface area contributed by atoms with Crippen LogP contribution in [0.2, 0.25) is 0 Å². The van der Waals surface area contributed by atoms with E-state index in [2.05, 4.69) is 15.2 Å². The summed E-state index contributed by atoms with van der Waals surface area (Å²) in [6, 6.07) is 4.46. The van der Waals surface area contributed by atoms with Gasteiger partial charge in [-0.3, -0.25) is 24.3 Å². The summed E-state index contributed by atoms with van der Waals surface area (Å²) < 4.78 is 5.59. The Hall–Kier alpha value is -2.52. The highest BCUT2D eigenvalue weighted by molar-refractivity contribution is 5.79. The smallest absolute Gasteiger partial charge is 0.290 e. The lowest BCUT2D eigenvalue weighted by molar-refractivity contribution is -0.142. The number of amides is 2. The number of aryl methyl sites for hydroxylation is 1. The van der Waals surface area contributed by atoms with Crippen molar-refractivity contribution in [1.82, 2.24) is 20.1 Å². The van der Waals surface area contributed by atoms with E-state index in [0.717, 1.165) is 77.1 Å². The van der Waals surface area contributed by atoms with Gasteiger partial charge in [0.15, 0.2) is 0 Å². The number of ether oxygens (including phenoxy) is 1. The number of hydrogen-bond acceptors (Lipinski definition) is 6. The number of pyridine rings is 1. The average Bonchev–Trinajstić information content (AvgIpc) is 2.84. The number of aromatic nitrogens is 1. The van der Waals surface area contributed by atoms with Gasteiger partial charge < -0.3 is 20.1 Å². The second-order valence-electron chi connectivity index (χ2n) is 8.63. The molecule has 176 valence electrons. The number of piperazine rings is 1. The van der Waals surface area contributed by atoms with Crippen LogP contribution in [0, 0.1) is 5.92 Å². The summed E-state index contributed by atoms with van der Waals surface area (Å²) in [5, 5.41) is 10.1. The second-order valence-corrected chi connectivity index (χ2v) is 8.63. The van der Waals surface area contributed by atoms with Gasteiger partial charge in [0.25, 0.3) is 6.47 Å². The monoisotopic (exact) mass is 446 g/mol. The molecule has 3 fully saturated rings. The summed E-state index contributed by atoms with van der Waals surface area (Å²) >= 11 is 0. The molecular weight excluding hydrogens is 412 g/mol. The number of hydrogen-bond donors (Lipinski definition) is 2. The van der Waals surface area contributed by atoms with Crippen LogP contribution in [0.15, 0.2) is 24.5 Å². The first-order chi connectivity index (χ1) is 15.6. The largest absolute Gasteiger partial charge is 0.483 e. The lowest BCUT2D eigenvalue weighted by Gasteiger charge is -2.44. The van der Waals surface area contributed by atoms with Crippen molar-refractivity contribution in [3.63, 3.8) is 0 Å². The highest BCUT2D eigenvalue weighted by atomic mass is 16.5. The van der Waals surface area contributed by atoms with Crippen LogP contribution in [0.3, 0.4) is 0 Å². The highest BCUT2D eigenvalue weighted by Crippen LogP contribution is 2.27. The molecule has 2 saturated heterocycles. The molecule has 0 bridgehead atoms. The molecule has 3 aliphatic rings. The molecule has 1 unspecified atom stereocenters. The molecule has 1 atom stereocenters. The lowest BCUT2D eigenvalue weighted by Crippen LogP contribution is -2.60. The van der Waals surface area contributed by atoms with Gasteiger partial charge in [-0.25, -0.2) is 0 Å². The van der Waals surface area contributed by atoms with E-state index in [4.69, 9.17) is 14.6 Å². The topological polar surface area (TPSA) is 112 Å². The molecule has 9 heteroatoms. The number of morpholine rings is 1. The number of rotatable bonds is 5. The zero-order valence-corrected chi connectivity index (χ0v) is 18.5.